The van der Waals surface area contributed by atoms with Gasteiger partial charge in [0.25, 0.3) is 0 Å². The molecule has 1 aromatic carbocycles. The van der Waals surface area contributed by atoms with Crippen LogP contribution in [0.5, 0.6) is 0 Å². The maximum atomic E-state index is 3.47. The van der Waals surface area contributed by atoms with Crippen LogP contribution in [0.4, 0.5) is 5.69 Å². The summed E-state index contributed by atoms with van der Waals surface area (Å²) in [5.41, 5.74) is 1.27. The third-order valence-electron chi connectivity index (χ3n) is 1.85. The molecule has 0 bridgehead atoms. The summed E-state index contributed by atoms with van der Waals surface area (Å²) in [5.74, 6) is 0. The quantitative estimate of drug-likeness (QED) is 0.751. The number of rotatable bonds is 0. The Kier molecular flexibility index (Phi) is 2.33. The minimum Gasteiger partial charge on any atom is -0.383 e. The molecule has 1 aromatic rings. The highest BCUT2D eigenvalue weighted by atomic mass is 79.9. The van der Waals surface area contributed by atoms with E-state index >= 15 is 0 Å². The van der Waals surface area contributed by atoms with Gasteiger partial charge < -0.3 is 5.32 Å². The van der Waals surface area contributed by atoms with Crippen LogP contribution in [0.15, 0.2) is 27.6 Å². The van der Waals surface area contributed by atoms with Gasteiger partial charge in [0.05, 0.1) is 0 Å². The van der Waals surface area contributed by atoms with Crippen LogP contribution in [-0.4, -0.2) is 11.8 Å². The summed E-state index contributed by atoms with van der Waals surface area (Å²) in [7, 11) is 0. The number of benzene rings is 1. The molecular weight excluding hydrogens is 234 g/mol. The van der Waals surface area contributed by atoms with Gasteiger partial charge in [-0.05, 0) is 18.2 Å². The van der Waals surface area contributed by atoms with Crippen molar-refractivity contribution in [3.05, 3.63) is 22.7 Å². The van der Waals surface area contributed by atoms with Crippen molar-refractivity contribution >= 4 is 33.4 Å². The van der Waals surface area contributed by atoms with Crippen LogP contribution in [0.2, 0.25) is 0 Å². The second-order valence-corrected chi connectivity index (χ2v) is 5.35. The number of anilines is 1. The van der Waals surface area contributed by atoms with Crippen molar-refractivity contribution in [2.75, 3.05) is 11.9 Å². The normalized spacial score (nSPS) is 21.3. The van der Waals surface area contributed by atoms with E-state index in [1.165, 1.54) is 10.6 Å². The average molecular weight is 244 g/mol. The Morgan fingerprint density at radius 3 is 3.25 bits per heavy atom. The minimum atomic E-state index is 0.673. The van der Waals surface area contributed by atoms with Crippen LogP contribution >= 0.6 is 27.7 Å². The fourth-order valence-electron chi connectivity index (χ4n) is 1.25. The Morgan fingerprint density at radius 1 is 1.58 bits per heavy atom. The summed E-state index contributed by atoms with van der Waals surface area (Å²) in [4.78, 5) is 1.35. The highest BCUT2D eigenvalue weighted by molar-refractivity contribution is 9.10. The van der Waals surface area contributed by atoms with Gasteiger partial charge in [-0.2, -0.15) is 0 Å². The van der Waals surface area contributed by atoms with E-state index in [9.17, 15) is 0 Å². The van der Waals surface area contributed by atoms with E-state index in [1.54, 1.807) is 0 Å². The lowest BCUT2D eigenvalue weighted by molar-refractivity contribution is 0.974. The van der Waals surface area contributed by atoms with Crippen molar-refractivity contribution in [2.45, 2.75) is 17.1 Å². The lowest BCUT2D eigenvalue weighted by Crippen LogP contribution is -2.17. The van der Waals surface area contributed by atoms with Crippen LogP contribution in [0.25, 0.3) is 0 Å². The maximum Gasteiger partial charge on any atom is 0.0479 e. The van der Waals surface area contributed by atoms with Crippen molar-refractivity contribution in [3.63, 3.8) is 0 Å². The predicted molar refractivity (Wildman–Crippen MR) is 58.0 cm³/mol. The monoisotopic (exact) mass is 243 g/mol. The van der Waals surface area contributed by atoms with Crippen LogP contribution in [0.3, 0.4) is 0 Å². The molecule has 1 nitrogen and oxygen atoms in total. The zero-order chi connectivity index (χ0) is 8.55. The van der Waals surface area contributed by atoms with Gasteiger partial charge in [0.1, 0.15) is 0 Å². The van der Waals surface area contributed by atoms with E-state index in [0.29, 0.717) is 5.25 Å². The summed E-state index contributed by atoms with van der Waals surface area (Å²) in [6, 6.07) is 6.36. The molecule has 2 rings (SSSR count). The SMILES string of the molecule is CC1CNc2ccc(Br)cc2S1. The van der Waals surface area contributed by atoms with E-state index in [-0.39, 0.29) is 0 Å². The van der Waals surface area contributed by atoms with Gasteiger partial charge in [0, 0.05) is 26.9 Å². The van der Waals surface area contributed by atoms with E-state index in [0.717, 1.165) is 11.0 Å². The smallest absolute Gasteiger partial charge is 0.0479 e. The third-order valence-corrected chi connectivity index (χ3v) is 3.51. The number of hydrogen-bond donors (Lipinski definition) is 1. The Bertz CT molecular complexity index is 301. The van der Waals surface area contributed by atoms with Crippen molar-refractivity contribution in [2.24, 2.45) is 0 Å². The van der Waals surface area contributed by atoms with Crippen LogP contribution in [-0.2, 0) is 0 Å². The lowest BCUT2D eigenvalue weighted by atomic mass is 10.3. The molecular formula is C9H10BrNS. The van der Waals surface area contributed by atoms with Crippen LogP contribution in [0.1, 0.15) is 6.92 Å². The standard InChI is InChI=1S/C9H10BrNS/c1-6-5-11-8-3-2-7(10)4-9(8)12-6/h2-4,6,11H,5H2,1H3. The molecule has 12 heavy (non-hydrogen) atoms. The molecule has 64 valence electrons. The molecule has 0 radical (unpaired) electrons. The zero-order valence-corrected chi connectivity index (χ0v) is 9.21. The fourth-order valence-corrected chi connectivity index (χ4v) is 2.83. The second-order valence-electron chi connectivity index (χ2n) is 2.95. The Labute approximate surface area is 85.1 Å². The molecule has 0 amide bonds. The summed E-state index contributed by atoms with van der Waals surface area (Å²) < 4.78 is 1.16. The Morgan fingerprint density at radius 2 is 2.42 bits per heavy atom. The average Bonchev–Trinajstić information content (AvgIpc) is 2.03. The topological polar surface area (TPSA) is 12.0 Å². The number of fused-ring (bicyclic) bond motifs is 1. The third kappa shape index (κ3) is 1.62. The molecule has 3 heteroatoms. The maximum absolute atomic E-state index is 3.47. The molecule has 0 saturated heterocycles. The lowest BCUT2D eigenvalue weighted by Gasteiger charge is -2.22. The number of halogens is 1. The van der Waals surface area contributed by atoms with Crippen LogP contribution in [0, 0.1) is 0 Å². The molecule has 1 N–H and O–H groups in total. The zero-order valence-electron chi connectivity index (χ0n) is 6.80. The minimum absolute atomic E-state index is 0.673. The van der Waals surface area contributed by atoms with E-state index in [1.807, 2.05) is 11.8 Å². The number of thioether (sulfide) groups is 1. The largest absolute Gasteiger partial charge is 0.383 e. The van der Waals surface area contributed by atoms with Gasteiger partial charge >= 0.3 is 0 Å². The number of hydrogen-bond acceptors (Lipinski definition) is 2. The second kappa shape index (κ2) is 3.30. The first-order valence-electron chi connectivity index (χ1n) is 3.96. The van der Waals surface area contributed by atoms with Crippen molar-refractivity contribution in [3.8, 4) is 0 Å². The Hall–Kier alpha value is -0.150. The molecule has 1 unspecified atom stereocenters. The number of nitrogens with one attached hydrogen (secondary N) is 1. The van der Waals surface area contributed by atoms with Crippen molar-refractivity contribution in [1.29, 1.82) is 0 Å². The summed E-state index contributed by atoms with van der Waals surface area (Å²) in [6.07, 6.45) is 0. The van der Waals surface area contributed by atoms with Gasteiger partial charge in [0.2, 0.25) is 0 Å². The molecule has 0 aliphatic carbocycles. The highest BCUT2D eigenvalue weighted by Crippen LogP contribution is 2.36. The van der Waals surface area contributed by atoms with Gasteiger partial charge in [0.15, 0.2) is 0 Å². The highest BCUT2D eigenvalue weighted by Gasteiger charge is 2.14. The molecule has 1 aliphatic heterocycles. The molecule has 1 aliphatic rings. The summed E-state index contributed by atoms with van der Waals surface area (Å²) >= 11 is 5.40. The first kappa shape index (κ1) is 8.45. The molecule has 0 saturated carbocycles. The molecule has 0 aromatic heterocycles. The molecule has 0 spiro atoms. The first-order chi connectivity index (χ1) is 5.75. The fraction of sp³-hybridized carbons (Fsp3) is 0.333. The van der Waals surface area contributed by atoms with Gasteiger partial charge in [-0.15, -0.1) is 11.8 Å². The van der Waals surface area contributed by atoms with E-state index in [4.69, 9.17) is 0 Å². The van der Waals surface area contributed by atoms with Gasteiger partial charge in [-0.25, -0.2) is 0 Å². The predicted octanol–water partition coefficient (Wildman–Crippen LogP) is 3.36. The van der Waals surface area contributed by atoms with E-state index in [2.05, 4.69) is 46.4 Å². The first-order valence-corrected chi connectivity index (χ1v) is 5.63. The van der Waals surface area contributed by atoms with Crippen molar-refractivity contribution < 1.29 is 0 Å². The van der Waals surface area contributed by atoms with Gasteiger partial charge in [-0.1, -0.05) is 22.9 Å². The van der Waals surface area contributed by atoms with E-state index < -0.39 is 0 Å². The summed E-state index contributed by atoms with van der Waals surface area (Å²) in [5, 5.41) is 4.07. The van der Waals surface area contributed by atoms with Crippen molar-refractivity contribution in [1.82, 2.24) is 0 Å². The summed E-state index contributed by atoms with van der Waals surface area (Å²) in [6.45, 7) is 3.31. The molecule has 1 atom stereocenters. The van der Waals surface area contributed by atoms with Gasteiger partial charge in [-0.3, -0.25) is 0 Å². The Balaban J connectivity index is 2.37. The molecule has 1 heterocycles. The molecule has 0 fully saturated rings. The van der Waals surface area contributed by atoms with Crippen LogP contribution < -0.4 is 5.32 Å².